The van der Waals surface area contributed by atoms with E-state index in [1.165, 1.54) is 5.56 Å². The Balaban J connectivity index is 2.00. The second-order valence-corrected chi connectivity index (χ2v) is 5.05. The van der Waals surface area contributed by atoms with Crippen LogP contribution in [0, 0.1) is 6.92 Å². The van der Waals surface area contributed by atoms with Gasteiger partial charge >= 0.3 is 0 Å². The van der Waals surface area contributed by atoms with E-state index in [-0.39, 0.29) is 0 Å². The molecule has 0 atom stereocenters. The van der Waals surface area contributed by atoms with E-state index in [1.807, 2.05) is 37.4 Å². The number of hydrogen-bond acceptors (Lipinski definition) is 2. The van der Waals surface area contributed by atoms with E-state index in [4.69, 9.17) is 0 Å². The second-order valence-electron chi connectivity index (χ2n) is 5.05. The molecule has 0 saturated heterocycles. The molecule has 0 radical (unpaired) electrons. The van der Waals surface area contributed by atoms with Crippen molar-refractivity contribution in [3.63, 3.8) is 0 Å². The first-order chi connectivity index (χ1) is 10.3. The number of aryl methyl sites for hydroxylation is 2. The van der Waals surface area contributed by atoms with Gasteiger partial charge in [0, 0.05) is 17.6 Å². The third-order valence-electron chi connectivity index (χ3n) is 3.51. The van der Waals surface area contributed by atoms with Crippen molar-refractivity contribution in [1.82, 2.24) is 9.55 Å². The molecule has 3 rings (SSSR count). The van der Waals surface area contributed by atoms with Crippen molar-refractivity contribution in [3.8, 4) is 5.69 Å². The molecule has 3 aromatic rings. The Hall–Kier alpha value is -2.55. The molecule has 1 aromatic heterocycles. The highest BCUT2D eigenvalue weighted by molar-refractivity contribution is 5.60. The number of nitrogens with zero attached hydrogens (tertiary/aromatic N) is 2. The van der Waals surface area contributed by atoms with Gasteiger partial charge in [0.25, 0.3) is 0 Å². The van der Waals surface area contributed by atoms with Gasteiger partial charge in [-0.15, -0.1) is 0 Å². The Labute approximate surface area is 125 Å². The lowest BCUT2D eigenvalue weighted by Crippen LogP contribution is -2.02. The summed E-state index contributed by atoms with van der Waals surface area (Å²) >= 11 is 0. The van der Waals surface area contributed by atoms with Gasteiger partial charge in [0.1, 0.15) is 0 Å². The fraction of sp³-hybridized carbons (Fsp3) is 0.167. The molecule has 1 N–H and O–H groups in total. The molecule has 0 saturated carbocycles. The molecule has 0 spiro atoms. The molecular formula is C18H19N3. The average molecular weight is 277 g/mol. The standard InChI is InChI=1S/C18H19N3/c1-3-15-9-7-8-12-17(15)20-18-19-14(2)13-21(18)16-10-5-4-6-11-16/h4-13H,3H2,1-2H3,(H,19,20). The quantitative estimate of drug-likeness (QED) is 0.761. The minimum absolute atomic E-state index is 0.847. The van der Waals surface area contributed by atoms with E-state index >= 15 is 0 Å². The number of aromatic nitrogens is 2. The summed E-state index contributed by atoms with van der Waals surface area (Å²) in [5.41, 5.74) is 4.51. The normalized spacial score (nSPS) is 10.6. The largest absolute Gasteiger partial charge is 0.325 e. The molecule has 0 amide bonds. The van der Waals surface area contributed by atoms with Crippen LogP contribution >= 0.6 is 0 Å². The zero-order chi connectivity index (χ0) is 14.7. The molecule has 1 heterocycles. The monoisotopic (exact) mass is 277 g/mol. The summed E-state index contributed by atoms with van der Waals surface area (Å²) in [5.74, 6) is 0.847. The van der Waals surface area contributed by atoms with Gasteiger partial charge in [0.05, 0.1) is 5.69 Å². The fourth-order valence-electron chi connectivity index (χ4n) is 2.44. The second kappa shape index (κ2) is 5.83. The number of rotatable bonds is 4. The van der Waals surface area contributed by atoms with E-state index in [0.29, 0.717) is 0 Å². The minimum Gasteiger partial charge on any atom is -0.325 e. The highest BCUT2D eigenvalue weighted by Gasteiger charge is 2.09. The highest BCUT2D eigenvalue weighted by atomic mass is 15.2. The summed E-state index contributed by atoms with van der Waals surface area (Å²) in [6.45, 7) is 4.17. The van der Waals surface area contributed by atoms with E-state index in [1.54, 1.807) is 0 Å². The molecule has 3 heteroatoms. The van der Waals surface area contributed by atoms with Gasteiger partial charge in [0.2, 0.25) is 5.95 Å². The maximum absolute atomic E-state index is 4.61. The van der Waals surface area contributed by atoms with Gasteiger partial charge in [-0.3, -0.25) is 4.57 Å². The van der Waals surface area contributed by atoms with Crippen molar-refractivity contribution in [3.05, 3.63) is 72.1 Å². The van der Waals surface area contributed by atoms with Crippen LogP contribution in [0.2, 0.25) is 0 Å². The number of imidazole rings is 1. The smallest absolute Gasteiger partial charge is 0.212 e. The van der Waals surface area contributed by atoms with Crippen LogP contribution in [0.15, 0.2) is 60.8 Å². The van der Waals surface area contributed by atoms with Crippen molar-refractivity contribution in [2.45, 2.75) is 20.3 Å². The highest BCUT2D eigenvalue weighted by Crippen LogP contribution is 2.23. The molecule has 0 aliphatic rings. The van der Waals surface area contributed by atoms with Gasteiger partial charge in [-0.05, 0) is 37.1 Å². The fourth-order valence-corrected chi connectivity index (χ4v) is 2.44. The van der Waals surface area contributed by atoms with E-state index < -0.39 is 0 Å². The Morgan fingerprint density at radius 3 is 2.48 bits per heavy atom. The summed E-state index contributed by atoms with van der Waals surface area (Å²) in [5, 5.41) is 3.46. The predicted molar refractivity (Wildman–Crippen MR) is 87.4 cm³/mol. The predicted octanol–water partition coefficient (Wildman–Crippen LogP) is 4.49. The maximum atomic E-state index is 4.61. The van der Waals surface area contributed by atoms with Crippen LogP contribution in [-0.4, -0.2) is 9.55 Å². The Morgan fingerprint density at radius 1 is 1.00 bits per heavy atom. The van der Waals surface area contributed by atoms with Crippen molar-refractivity contribution >= 4 is 11.6 Å². The molecule has 21 heavy (non-hydrogen) atoms. The van der Waals surface area contributed by atoms with Crippen LogP contribution in [0.3, 0.4) is 0 Å². The maximum Gasteiger partial charge on any atom is 0.212 e. The van der Waals surface area contributed by atoms with Gasteiger partial charge in [0.15, 0.2) is 0 Å². The third-order valence-corrected chi connectivity index (χ3v) is 3.51. The van der Waals surface area contributed by atoms with E-state index in [0.717, 1.165) is 29.4 Å². The Kier molecular flexibility index (Phi) is 3.73. The molecule has 0 aliphatic heterocycles. The molecule has 3 nitrogen and oxygen atoms in total. The first-order valence-corrected chi connectivity index (χ1v) is 7.24. The summed E-state index contributed by atoms with van der Waals surface area (Å²) in [6.07, 6.45) is 3.04. The van der Waals surface area contributed by atoms with Crippen LogP contribution in [-0.2, 0) is 6.42 Å². The Morgan fingerprint density at radius 2 is 1.71 bits per heavy atom. The number of anilines is 2. The summed E-state index contributed by atoms with van der Waals surface area (Å²) < 4.78 is 2.09. The zero-order valence-corrected chi connectivity index (χ0v) is 12.4. The Bertz CT molecular complexity index is 729. The van der Waals surface area contributed by atoms with Crippen LogP contribution < -0.4 is 5.32 Å². The molecule has 2 aromatic carbocycles. The number of benzene rings is 2. The lowest BCUT2D eigenvalue weighted by atomic mass is 10.1. The lowest BCUT2D eigenvalue weighted by molar-refractivity contribution is 1.06. The third kappa shape index (κ3) is 2.82. The average Bonchev–Trinajstić information content (AvgIpc) is 2.89. The molecule has 0 bridgehead atoms. The SMILES string of the molecule is CCc1ccccc1Nc1nc(C)cn1-c1ccccc1. The van der Waals surface area contributed by atoms with Crippen LogP contribution in [0.5, 0.6) is 0 Å². The molecule has 0 unspecified atom stereocenters. The number of para-hydroxylation sites is 2. The van der Waals surface area contributed by atoms with Crippen molar-refractivity contribution in [2.75, 3.05) is 5.32 Å². The van der Waals surface area contributed by atoms with Crippen molar-refractivity contribution in [1.29, 1.82) is 0 Å². The molecule has 0 fully saturated rings. The minimum atomic E-state index is 0.847. The van der Waals surface area contributed by atoms with Gasteiger partial charge in [-0.25, -0.2) is 4.98 Å². The molecular weight excluding hydrogens is 258 g/mol. The summed E-state index contributed by atoms with van der Waals surface area (Å²) in [6, 6.07) is 18.6. The zero-order valence-electron chi connectivity index (χ0n) is 12.4. The van der Waals surface area contributed by atoms with Crippen LogP contribution in [0.4, 0.5) is 11.6 Å². The lowest BCUT2D eigenvalue weighted by Gasteiger charge is -2.12. The first-order valence-electron chi connectivity index (χ1n) is 7.24. The van der Waals surface area contributed by atoms with E-state index in [2.05, 4.69) is 52.1 Å². The number of hydrogen-bond donors (Lipinski definition) is 1. The molecule has 0 aliphatic carbocycles. The van der Waals surface area contributed by atoms with Gasteiger partial charge < -0.3 is 5.32 Å². The van der Waals surface area contributed by atoms with Crippen LogP contribution in [0.25, 0.3) is 5.69 Å². The summed E-state index contributed by atoms with van der Waals surface area (Å²) in [4.78, 5) is 4.61. The topological polar surface area (TPSA) is 29.9 Å². The first kappa shape index (κ1) is 13.4. The van der Waals surface area contributed by atoms with E-state index in [9.17, 15) is 0 Å². The number of nitrogens with one attached hydrogen (secondary N) is 1. The van der Waals surface area contributed by atoms with Crippen LogP contribution in [0.1, 0.15) is 18.2 Å². The van der Waals surface area contributed by atoms with Crippen molar-refractivity contribution in [2.24, 2.45) is 0 Å². The van der Waals surface area contributed by atoms with Crippen molar-refractivity contribution < 1.29 is 0 Å². The summed E-state index contributed by atoms with van der Waals surface area (Å²) in [7, 11) is 0. The molecule has 106 valence electrons. The van der Waals surface area contributed by atoms with Gasteiger partial charge in [-0.2, -0.15) is 0 Å². The van der Waals surface area contributed by atoms with Gasteiger partial charge in [-0.1, -0.05) is 43.3 Å².